The normalized spacial score (nSPS) is 11.1. The minimum absolute atomic E-state index is 0.535. The average molecular weight is 434 g/mol. The van der Waals surface area contributed by atoms with E-state index in [0.29, 0.717) is 12.5 Å². The van der Waals surface area contributed by atoms with Crippen molar-refractivity contribution in [3.63, 3.8) is 0 Å². The SMILES string of the molecule is CC(C)CNCc1cc(Br)c(OCc2cncs2)c(Br)c1. The summed E-state index contributed by atoms with van der Waals surface area (Å²) in [7, 11) is 0. The Bertz CT molecular complexity index is 550. The standard InChI is InChI=1S/C15H18Br2N2OS/c1-10(2)5-18-6-11-3-13(16)15(14(17)4-11)20-8-12-7-19-9-21-12/h3-4,7,9-10,18H,5-6,8H2,1-2H3. The predicted octanol–water partition coefficient (Wildman–Crippen LogP) is 4.99. The van der Waals surface area contributed by atoms with Crippen LogP contribution < -0.4 is 10.1 Å². The van der Waals surface area contributed by atoms with Crippen LogP contribution in [0.5, 0.6) is 5.75 Å². The van der Waals surface area contributed by atoms with Crippen LogP contribution in [-0.4, -0.2) is 11.5 Å². The van der Waals surface area contributed by atoms with Crippen molar-refractivity contribution in [3.05, 3.63) is 43.2 Å². The molecule has 2 rings (SSSR count). The number of hydrogen-bond donors (Lipinski definition) is 1. The predicted molar refractivity (Wildman–Crippen MR) is 94.8 cm³/mol. The molecule has 0 aliphatic carbocycles. The molecule has 1 aromatic carbocycles. The third-order valence-corrected chi connectivity index (χ3v) is 4.71. The van der Waals surface area contributed by atoms with Crippen molar-refractivity contribution in [1.29, 1.82) is 0 Å². The van der Waals surface area contributed by atoms with Gasteiger partial charge in [-0.2, -0.15) is 0 Å². The maximum absolute atomic E-state index is 5.87. The van der Waals surface area contributed by atoms with E-state index in [2.05, 4.69) is 68.1 Å². The first kappa shape index (κ1) is 16.9. The molecule has 0 spiro atoms. The molecule has 0 amide bonds. The molecule has 0 aliphatic heterocycles. The van der Waals surface area contributed by atoms with Crippen molar-refractivity contribution < 1.29 is 4.74 Å². The molecule has 0 bridgehead atoms. The maximum atomic E-state index is 5.87. The number of ether oxygens (including phenoxy) is 1. The minimum Gasteiger partial charge on any atom is -0.486 e. The first-order valence-electron chi connectivity index (χ1n) is 6.75. The summed E-state index contributed by atoms with van der Waals surface area (Å²) in [5, 5.41) is 3.44. The molecule has 0 atom stereocenters. The molecule has 1 heterocycles. The van der Waals surface area contributed by atoms with Crippen LogP contribution in [0.4, 0.5) is 0 Å². The zero-order valence-corrected chi connectivity index (χ0v) is 16.0. The quantitative estimate of drug-likeness (QED) is 0.667. The molecule has 21 heavy (non-hydrogen) atoms. The van der Waals surface area contributed by atoms with E-state index in [1.54, 1.807) is 11.3 Å². The minimum atomic E-state index is 0.535. The Balaban J connectivity index is 1.99. The molecule has 0 aliphatic rings. The Kier molecular flexibility index (Phi) is 6.67. The van der Waals surface area contributed by atoms with E-state index in [1.807, 2.05) is 11.7 Å². The van der Waals surface area contributed by atoms with Crippen LogP contribution >= 0.6 is 43.2 Å². The molecule has 1 aromatic heterocycles. The number of benzene rings is 1. The van der Waals surface area contributed by atoms with Crippen LogP contribution in [0.15, 0.2) is 32.8 Å². The molecule has 3 nitrogen and oxygen atoms in total. The Morgan fingerprint density at radius 2 is 2.00 bits per heavy atom. The van der Waals surface area contributed by atoms with Gasteiger partial charge in [0.25, 0.3) is 0 Å². The van der Waals surface area contributed by atoms with Crippen molar-refractivity contribution >= 4 is 43.2 Å². The highest BCUT2D eigenvalue weighted by Gasteiger charge is 2.10. The average Bonchev–Trinajstić information content (AvgIpc) is 2.90. The highest BCUT2D eigenvalue weighted by Crippen LogP contribution is 2.35. The van der Waals surface area contributed by atoms with Gasteiger partial charge in [0.1, 0.15) is 12.4 Å². The summed E-state index contributed by atoms with van der Waals surface area (Å²) in [6.07, 6.45) is 1.83. The number of thiazole rings is 1. The lowest BCUT2D eigenvalue weighted by molar-refractivity contribution is 0.305. The summed E-state index contributed by atoms with van der Waals surface area (Å²) in [6.45, 7) is 6.81. The van der Waals surface area contributed by atoms with Gasteiger partial charge in [-0.05, 0) is 62.0 Å². The van der Waals surface area contributed by atoms with Gasteiger partial charge in [-0.3, -0.25) is 4.98 Å². The monoisotopic (exact) mass is 432 g/mol. The molecule has 1 N–H and O–H groups in total. The van der Waals surface area contributed by atoms with E-state index in [0.717, 1.165) is 32.7 Å². The van der Waals surface area contributed by atoms with Crippen molar-refractivity contribution in [2.45, 2.75) is 27.0 Å². The summed E-state index contributed by atoms with van der Waals surface area (Å²) < 4.78 is 7.79. The van der Waals surface area contributed by atoms with Gasteiger partial charge < -0.3 is 10.1 Å². The molecule has 0 radical (unpaired) electrons. The van der Waals surface area contributed by atoms with Crippen LogP contribution in [0.3, 0.4) is 0 Å². The van der Waals surface area contributed by atoms with E-state index in [4.69, 9.17) is 4.74 Å². The largest absolute Gasteiger partial charge is 0.486 e. The van der Waals surface area contributed by atoms with Crippen LogP contribution in [0.2, 0.25) is 0 Å². The highest BCUT2D eigenvalue weighted by molar-refractivity contribution is 9.11. The number of hydrogen-bond acceptors (Lipinski definition) is 4. The fourth-order valence-electron chi connectivity index (χ4n) is 1.81. The lowest BCUT2D eigenvalue weighted by Crippen LogP contribution is -2.18. The lowest BCUT2D eigenvalue weighted by atomic mass is 10.2. The Hall–Kier alpha value is -0.430. The summed E-state index contributed by atoms with van der Waals surface area (Å²) >= 11 is 8.77. The second-order valence-electron chi connectivity index (χ2n) is 5.17. The first-order valence-corrected chi connectivity index (χ1v) is 9.21. The zero-order valence-electron chi connectivity index (χ0n) is 12.0. The van der Waals surface area contributed by atoms with Crippen molar-refractivity contribution in [2.75, 3.05) is 6.54 Å². The van der Waals surface area contributed by atoms with Gasteiger partial charge in [0.2, 0.25) is 0 Å². The summed E-state index contributed by atoms with van der Waals surface area (Å²) in [5.41, 5.74) is 3.03. The molecule has 0 saturated heterocycles. The Morgan fingerprint density at radius 1 is 1.29 bits per heavy atom. The first-order chi connectivity index (χ1) is 10.1. The van der Waals surface area contributed by atoms with Crippen LogP contribution in [0.1, 0.15) is 24.3 Å². The van der Waals surface area contributed by atoms with Crippen molar-refractivity contribution in [2.24, 2.45) is 5.92 Å². The van der Waals surface area contributed by atoms with Crippen molar-refractivity contribution in [1.82, 2.24) is 10.3 Å². The second kappa shape index (κ2) is 8.27. The molecular weight excluding hydrogens is 416 g/mol. The maximum Gasteiger partial charge on any atom is 0.148 e. The summed E-state index contributed by atoms with van der Waals surface area (Å²) in [6, 6.07) is 4.19. The number of nitrogens with one attached hydrogen (secondary N) is 1. The molecule has 114 valence electrons. The van der Waals surface area contributed by atoms with Crippen LogP contribution in [-0.2, 0) is 13.2 Å². The van der Waals surface area contributed by atoms with Gasteiger partial charge in [0.15, 0.2) is 0 Å². The van der Waals surface area contributed by atoms with E-state index < -0.39 is 0 Å². The van der Waals surface area contributed by atoms with E-state index in [1.165, 1.54) is 5.56 Å². The molecule has 0 saturated carbocycles. The third-order valence-electron chi connectivity index (χ3n) is 2.78. The van der Waals surface area contributed by atoms with Gasteiger partial charge in [-0.25, -0.2) is 0 Å². The molecule has 0 fully saturated rings. The molecular formula is C15H18Br2N2OS. The second-order valence-corrected chi connectivity index (χ2v) is 7.85. The fourth-order valence-corrected chi connectivity index (χ4v) is 3.83. The lowest BCUT2D eigenvalue weighted by Gasteiger charge is -2.13. The van der Waals surface area contributed by atoms with E-state index in [9.17, 15) is 0 Å². The third kappa shape index (κ3) is 5.36. The number of rotatable bonds is 7. The van der Waals surface area contributed by atoms with E-state index >= 15 is 0 Å². The summed E-state index contributed by atoms with van der Waals surface area (Å²) in [4.78, 5) is 5.16. The van der Waals surface area contributed by atoms with Gasteiger partial charge in [-0.1, -0.05) is 13.8 Å². The van der Waals surface area contributed by atoms with Crippen LogP contribution in [0, 0.1) is 5.92 Å². The topological polar surface area (TPSA) is 34.1 Å². The summed E-state index contributed by atoms with van der Waals surface area (Å²) in [5.74, 6) is 1.48. The smallest absolute Gasteiger partial charge is 0.148 e. The molecule has 2 aromatic rings. The van der Waals surface area contributed by atoms with E-state index in [-0.39, 0.29) is 0 Å². The van der Waals surface area contributed by atoms with Gasteiger partial charge in [0.05, 0.1) is 19.3 Å². The molecule has 0 unspecified atom stereocenters. The molecule has 6 heteroatoms. The number of aromatic nitrogens is 1. The fraction of sp³-hybridized carbons (Fsp3) is 0.400. The number of nitrogens with zero attached hydrogens (tertiary/aromatic N) is 1. The van der Waals surface area contributed by atoms with Gasteiger partial charge in [0, 0.05) is 12.7 Å². The van der Waals surface area contributed by atoms with Crippen LogP contribution in [0.25, 0.3) is 0 Å². The Morgan fingerprint density at radius 3 is 2.57 bits per heavy atom. The van der Waals surface area contributed by atoms with Gasteiger partial charge >= 0.3 is 0 Å². The Labute approximate surface area is 146 Å². The van der Waals surface area contributed by atoms with Gasteiger partial charge in [-0.15, -0.1) is 11.3 Å². The zero-order chi connectivity index (χ0) is 15.2. The van der Waals surface area contributed by atoms with Crippen molar-refractivity contribution in [3.8, 4) is 5.75 Å². The highest BCUT2D eigenvalue weighted by atomic mass is 79.9. The number of halogens is 2.